The molecule has 1 fully saturated rings. The Hall–Kier alpha value is -4.07. The zero-order valence-corrected chi connectivity index (χ0v) is 21.5. The number of nitriles is 1. The first-order valence-corrected chi connectivity index (χ1v) is 12.7. The topological polar surface area (TPSA) is 133 Å². The fraction of sp³-hybridized carbons (Fsp3) is 0.333. The lowest BCUT2D eigenvalue weighted by Gasteiger charge is -2.23. The number of amides is 2. The van der Waals surface area contributed by atoms with Gasteiger partial charge in [0.05, 0.1) is 28.6 Å². The predicted molar refractivity (Wildman–Crippen MR) is 140 cm³/mol. The van der Waals surface area contributed by atoms with Crippen molar-refractivity contribution in [2.24, 2.45) is 0 Å². The maximum Gasteiger partial charge on any atom is 0.254 e. The van der Waals surface area contributed by atoms with Crippen LogP contribution in [0.4, 0.5) is 5.95 Å². The summed E-state index contributed by atoms with van der Waals surface area (Å²) in [5.41, 5.74) is 3.42. The van der Waals surface area contributed by atoms with Crippen molar-refractivity contribution in [2.75, 3.05) is 25.1 Å². The number of nitrogens with one attached hydrogen (secondary N) is 2. The van der Waals surface area contributed by atoms with Crippen LogP contribution >= 0.6 is 11.6 Å². The van der Waals surface area contributed by atoms with Gasteiger partial charge in [0.2, 0.25) is 11.9 Å². The molecule has 4 heterocycles. The highest BCUT2D eigenvalue weighted by atomic mass is 35.5. The molecule has 0 unspecified atom stereocenters. The zero-order chi connectivity index (χ0) is 26.6. The Morgan fingerprint density at radius 2 is 2.08 bits per heavy atom. The molecule has 2 N–H and O–H groups in total. The lowest BCUT2D eigenvalue weighted by molar-refractivity contribution is -0.122. The van der Waals surface area contributed by atoms with E-state index in [0.717, 1.165) is 18.4 Å². The van der Waals surface area contributed by atoms with E-state index in [0.29, 0.717) is 53.2 Å². The van der Waals surface area contributed by atoms with E-state index < -0.39 is 6.04 Å². The summed E-state index contributed by atoms with van der Waals surface area (Å²) in [5, 5.41) is 15.6. The summed E-state index contributed by atoms with van der Waals surface area (Å²) in [5.74, 6) is -0.0731. The lowest BCUT2D eigenvalue weighted by Crippen LogP contribution is -2.38. The minimum absolute atomic E-state index is 0.0986. The molecule has 0 aliphatic carbocycles. The summed E-state index contributed by atoms with van der Waals surface area (Å²) >= 11 is 6.43. The van der Waals surface area contributed by atoms with E-state index in [4.69, 9.17) is 21.6 Å². The number of hydrogen-bond donors (Lipinski definition) is 2. The Morgan fingerprint density at radius 3 is 2.87 bits per heavy atom. The van der Waals surface area contributed by atoms with E-state index in [2.05, 4.69) is 25.6 Å². The van der Waals surface area contributed by atoms with Gasteiger partial charge in [-0.1, -0.05) is 29.8 Å². The van der Waals surface area contributed by atoms with E-state index in [1.807, 2.05) is 18.2 Å². The normalized spacial score (nSPS) is 16.0. The Labute approximate surface area is 225 Å². The molecule has 0 saturated carbocycles. The van der Waals surface area contributed by atoms with Gasteiger partial charge in [0.1, 0.15) is 18.3 Å². The molecule has 3 aromatic rings. The maximum atomic E-state index is 13.2. The van der Waals surface area contributed by atoms with E-state index in [9.17, 15) is 9.59 Å². The van der Waals surface area contributed by atoms with Gasteiger partial charge in [-0.05, 0) is 43.5 Å². The first-order valence-electron chi connectivity index (χ1n) is 12.4. The van der Waals surface area contributed by atoms with E-state index in [1.165, 1.54) is 4.90 Å². The minimum Gasteiger partial charge on any atom is -0.381 e. The average Bonchev–Trinajstić information content (AvgIpc) is 3.24. The molecular formula is C27H26ClN7O3. The number of nitrogens with zero attached hydrogens (tertiary/aromatic N) is 5. The molecular weight excluding hydrogens is 506 g/mol. The molecule has 2 amide bonds. The van der Waals surface area contributed by atoms with Gasteiger partial charge in [-0.3, -0.25) is 9.59 Å². The highest BCUT2D eigenvalue weighted by molar-refractivity contribution is 6.33. The average molecular weight is 532 g/mol. The molecule has 38 heavy (non-hydrogen) atoms. The zero-order valence-electron chi connectivity index (χ0n) is 20.8. The van der Waals surface area contributed by atoms with Crippen LogP contribution in [-0.2, 0) is 16.1 Å². The molecule has 2 aliphatic rings. The van der Waals surface area contributed by atoms with Gasteiger partial charge in [-0.15, -0.1) is 0 Å². The SMILES string of the molecule is C[C@@H](NC(=O)CN1Cc2ccc(-c3nc(NC4CCOCC4)ncc3Cl)cc2C1=O)c1cccc(C#N)n1. The summed E-state index contributed by atoms with van der Waals surface area (Å²) in [6.45, 7) is 3.41. The number of carbonyl (C=O) groups excluding carboxylic acids is 2. The van der Waals surface area contributed by atoms with Crippen LogP contribution in [0.1, 0.15) is 53.1 Å². The molecule has 1 saturated heterocycles. The van der Waals surface area contributed by atoms with Crippen LogP contribution in [-0.4, -0.2) is 57.5 Å². The Balaban J connectivity index is 1.26. The number of anilines is 1. The van der Waals surface area contributed by atoms with Crippen molar-refractivity contribution < 1.29 is 14.3 Å². The molecule has 2 aromatic heterocycles. The van der Waals surface area contributed by atoms with Crippen molar-refractivity contribution >= 4 is 29.4 Å². The van der Waals surface area contributed by atoms with Crippen LogP contribution < -0.4 is 10.6 Å². The Morgan fingerprint density at radius 1 is 1.26 bits per heavy atom. The van der Waals surface area contributed by atoms with Gasteiger partial charge in [-0.25, -0.2) is 15.0 Å². The third-order valence-corrected chi connectivity index (χ3v) is 6.88. The Bertz CT molecular complexity index is 1420. The lowest BCUT2D eigenvalue weighted by atomic mass is 10.0. The number of pyridine rings is 1. The van der Waals surface area contributed by atoms with Crippen LogP contribution in [0.3, 0.4) is 0 Å². The Kier molecular flexibility index (Phi) is 7.49. The fourth-order valence-corrected chi connectivity index (χ4v) is 4.79. The predicted octanol–water partition coefficient (Wildman–Crippen LogP) is 3.49. The molecule has 5 rings (SSSR count). The molecule has 10 nitrogen and oxygen atoms in total. The molecule has 0 bridgehead atoms. The number of ether oxygens (including phenoxy) is 1. The highest BCUT2D eigenvalue weighted by Gasteiger charge is 2.30. The van der Waals surface area contributed by atoms with E-state index in [-0.39, 0.29) is 30.1 Å². The number of rotatable bonds is 7. The molecule has 0 spiro atoms. The number of halogens is 1. The van der Waals surface area contributed by atoms with Crippen LogP contribution in [0.5, 0.6) is 0 Å². The maximum absolute atomic E-state index is 13.2. The summed E-state index contributed by atoms with van der Waals surface area (Å²) in [6, 6.07) is 12.4. The van der Waals surface area contributed by atoms with Gasteiger partial charge < -0.3 is 20.3 Å². The third kappa shape index (κ3) is 5.59. The quantitative estimate of drug-likeness (QED) is 0.473. The van der Waals surface area contributed by atoms with Crippen LogP contribution in [0.15, 0.2) is 42.6 Å². The fourth-order valence-electron chi connectivity index (χ4n) is 4.59. The van der Waals surface area contributed by atoms with E-state index >= 15 is 0 Å². The summed E-state index contributed by atoms with van der Waals surface area (Å²) in [7, 11) is 0. The van der Waals surface area contributed by atoms with E-state index in [1.54, 1.807) is 37.4 Å². The van der Waals surface area contributed by atoms with Gasteiger partial charge >= 0.3 is 0 Å². The van der Waals surface area contributed by atoms with Gasteiger partial charge in [0, 0.05) is 36.9 Å². The van der Waals surface area contributed by atoms with Crippen molar-refractivity contribution in [3.8, 4) is 17.3 Å². The summed E-state index contributed by atoms with van der Waals surface area (Å²) in [4.78, 5) is 40.5. The van der Waals surface area contributed by atoms with Crippen molar-refractivity contribution in [1.82, 2.24) is 25.2 Å². The van der Waals surface area contributed by atoms with Gasteiger partial charge in [-0.2, -0.15) is 5.26 Å². The molecule has 2 aliphatic heterocycles. The molecule has 0 radical (unpaired) electrons. The molecule has 11 heteroatoms. The standard InChI is InChI=1S/C27H26ClN7O3/c1-16(23-4-2-3-20(12-29)32-23)31-24(36)15-35-14-18-6-5-17(11-21(18)26(35)37)25-22(28)13-30-27(34-25)33-19-7-9-38-10-8-19/h2-6,11,13,16,19H,7-10,14-15H2,1H3,(H,31,36)(H,30,33,34)/t16-/m1/s1. The third-order valence-electron chi connectivity index (χ3n) is 6.60. The molecule has 1 atom stereocenters. The second-order valence-corrected chi connectivity index (χ2v) is 9.71. The largest absolute Gasteiger partial charge is 0.381 e. The summed E-state index contributed by atoms with van der Waals surface area (Å²) in [6.07, 6.45) is 3.30. The van der Waals surface area contributed by atoms with Crippen molar-refractivity contribution in [2.45, 2.75) is 38.4 Å². The molecule has 194 valence electrons. The highest BCUT2D eigenvalue weighted by Crippen LogP contribution is 2.31. The van der Waals surface area contributed by atoms with Crippen LogP contribution in [0.2, 0.25) is 5.02 Å². The smallest absolute Gasteiger partial charge is 0.254 e. The number of benzene rings is 1. The van der Waals surface area contributed by atoms with Gasteiger partial charge in [0.15, 0.2) is 0 Å². The second kappa shape index (κ2) is 11.1. The van der Waals surface area contributed by atoms with Crippen molar-refractivity contribution in [3.63, 3.8) is 0 Å². The number of fused-ring (bicyclic) bond motifs is 1. The minimum atomic E-state index is -0.411. The van der Waals surface area contributed by atoms with Crippen molar-refractivity contribution in [3.05, 3.63) is 70.1 Å². The van der Waals surface area contributed by atoms with Gasteiger partial charge in [0.25, 0.3) is 5.91 Å². The number of aromatic nitrogens is 3. The first kappa shape index (κ1) is 25.6. The van der Waals surface area contributed by atoms with Crippen LogP contribution in [0, 0.1) is 11.3 Å². The van der Waals surface area contributed by atoms with Crippen molar-refractivity contribution in [1.29, 1.82) is 5.26 Å². The molecule has 1 aromatic carbocycles. The van der Waals surface area contributed by atoms with Crippen LogP contribution in [0.25, 0.3) is 11.3 Å². The second-order valence-electron chi connectivity index (χ2n) is 9.30. The number of hydrogen-bond acceptors (Lipinski definition) is 8. The first-order chi connectivity index (χ1) is 18.4. The summed E-state index contributed by atoms with van der Waals surface area (Å²) < 4.78 is 5.41. The monoisotopic (exact) mass is 531 g/mol. The number of carbonyl (C=O) groups is 2.